The van der Waals surface area contributed by atoms with Crippen LogP contribution in [0.4, 0.5) is 0 Å². The Bertz CT molecular complexity index is 861. The first-order chi connectivity index (χ1) is 14.9. The van der Waals surface area contributed by atoms with E-state index in [0.717, 1.165) is 31.2 Å². The SMILES string of the molecule is N#C/C(=C/NCc1ccc(S(N)(=O)=O)cc1)C(=O)NC1CCCCCCCCCCC1. The quantitative estimate of drug-likeness (QED) is 0.454. The number of hydrogen-bond acceptors (Lipinski definition) is 5. The van der Waals surface area contributed by atoms with Gasteiger partial charge in [-0.05, 0) is 30.5 Å². The number of hydrogen-bond donors (Lipinski definition) is 3. The number of primary sulfonamides is 1. The third-order valence-corrected chi connectivity index (χ3v) is 6.54. The molecule has 1 aliphatic rings. The molecule has 8 heteroatoms. The first kappa shape index (κ1) is 24.9. The summed E-state index contributed by atoms with van der Waals surface area (Å²) in [7, 11) is -3.72. The number of carbonyl (C=O) groups is 1. The van der Waals surface area contributed by atoms with Crippen LogP contribution in [0.1, 0.15) is 76.2 Å². The zero-order valence-electron chi connectivity index (χ0n) is 18.1. The third-order valence-electron chi connectivity index (χ3n) is 5.61. The average molecular weight is 447 g/mol. The van der Waals surface area contributed by atoms with E-state index in [9.17, 15) is 18.5 Å². The number of nitrogens with one attached hydrogen (secondary N) is 2. The third kappa shape index (κ3) is 9.53. The van der Waals surface area contributed by atoms with Crippen molar-refractivity contribution in [3.63, 3.8) is 0 Å². The average Bonchev–Trinajstić information content (AvgIpc) is 2.73. The number of sulfonamides is 1. The van der Waals surface area contributed by atoms with Gasteiger partial charge in [-0.3, -0.25) is 4.79 Å². The first-order valence-corrected chi connectivity index (χ1v) is 12.7. The van der Waals surface area contributed by atoms with Crippen molar-refractivity contribution in [3.8, 4) is 6.07 Å². The van der Waals surface area contributed by atoms with E-state index in [-0.39, 0.29) is 22.4 Å². The van der Waals surface area contributed by atoms with E-state index in [1.165, 1.54) is 63.3 Å². The molecule has 1 saturated carbocycles. The molecule has 0 bridgehead atoms. The molecule has 0 spiro atoms. The molecule has 0 aromatic heterocycles. The summed E-state index contributed by atoms with van der Waals surface area (Å²) in [6.45, 7) is 0.354. The smallest absolute Gasteiger partial charge is 0.263 e. The van der Waals surface area contributed by atoms with Crippen LogP contribution < -0.4 is 15.8 Å². The summed E-state index contributed by atoms with van der Waals surface area (Å²) in [4.78, 5) is 12.6. The highest BCUT2D eigenvalue weighted by Gasteiger charge is 2.16. The molecule has 0 unspecified atom stereocenters. The van der Waals surface area contributed by atoms with Gasteiger partial charge in [0.05, 0.1) is 4.90 Å². The standard InChI is InChI=1S/C23H34N4O3S/c24-16-20(18-26-17-19-12-14-22(15-13-19)31(25,29)30)23(28)27-21-10-8-6-4-2-1-3-5-7-9-11-21/h12-15,18,21,26H,1-11,17H2,(H,27,28)(H2,25,29,30)/b20-18-. The Morgan fingerprint density at radius 2 is 1.52 bits per heavy atom. The summed E-state index contributed by atoms with van der Waals surface area (Å²) < 4.78 is 22.6. The van der Waals surface area contributed by atoms with Gasteiger partial charge in [-0.1, -0.05) is 69.9 Å². The van der Waals surface area contributed by atoms with Gasteiger partial charge in [-0.2, -0.15) is 5.26 Å². The molecule has 31 heavy (non-hydrogen) atoms. The molecule has 7 nitrogen and oxygen atoms in total. The number of benzene rings is 1. The zero-order chi connectivity index (χ0) is 22.5. The van der Waals surface area contributed by atoms with Crippen molar-refractivity contribution >= 4 is 15.9 Å². The van der Waals surface area contributed by atoms with E-state index in [1.54, 1.807) is 12.1 Å². The lowest BCUT2D eigenvalue weighted by Crippen LogP contribution is -2.36. The number of carbonyl (C=O) groups excluding carboxylic acids is 1. The van der Waals surface area contributed by atoms with Gasteiger partial charge in [0, 0.05) is 18.8 Å². The van der Waals surface area contributed by atoms with E-state index in [1.807, 2.05) is 6.07 Å². The van der Waals surface area contributed by atoms with Crippen LogP contribution >= 0.6 is 0 Å². The second kappa shape index (κ2) is 13.1. The topological polar surface area (TPSA) is 125 Å². The number of amides is 1. The lowest BCUT2D eigenvalue weighted by Gasteiger charge is -2.19. The molecule has 1 amide bonds. The molecule has 170 valence electrons. The maximum atomic E-state index is 12.6. The maximum absolute atomic E-state index is 12.6. The Labute approximate surface area is 186 Å². The van der Waals surface area contributed by atoms with Crippen LogP contribution in [0.25, 0.3) is 0 Å². The van der Waals surface area contributed by atoms with Crippen LogP contribution in [0, 0.1) is 11.3 Å². The number of nitrogens with two attached hydrogens (primary N) is 1. The van der Waals surface area contributed by atoms with Gasteiger partial charge < -0.3 is 10.6 Å². The first-order valence-electron chi connectivity index (χ1n) is 11.2. The lowest BCUT2D eigenvalue weighted by molar-refractivity contribution is -0.117. The van der Waals surface area contributed by atoms with E-state index < -0.39 is 10.0 Å². The summed E-state index contributed by atoms with van der Waals surface area (Å²) in [6, 6.07) is 8.20. The molecule has 0 heterocycles. The van der Waals surface area contributed by atoms with Crippen LogP contribution in [0.15, 0.2) is 40.9 Å². The summed E-state index contributed by atoms with van der Waals surface area (Å²) in [5.41, 5.74) is 0.841. The highest BCUT2D eigenvalue weighted by molar-refractivity contribution is 7.89. The number of rotatable bonds is 6. The van der Waals surface area contributed by atoms with Crippen molar-refractivity contribution in [2.75, 3.05) is 0 Å². The van der Waals surface area contributed by atoms with Crippen LogP contribution in [0.3, 0.4) is 0 Å². The molecule has 1 aromatic carbocycles. The Hall–Kier alpha value is -2.37. The summed E-state index contributed by atoms with van der Waals surface area (Å²) in [5, 5.41) is 20.5. The molecule has 4 N–H and O–H groups in total. The molecular formula is C23H34N4O3S. The zero-order valence-corrected chi connectivity index (χ0v) is 18.9. The van der Waals surface area contributed by atoms with Gasteiger partial charge in [0.2, 0.25) is 10.0 Å². The van der Waals surface area contributed by atoms with Gasteiger partial charge in [0.15, 0.2) is 0 Å². The van der Waals surface area contributed by atoms with E-state index >= 15 is 0 Å². The fourth-order valence-corrected chi connectivity index (χ4v) is 4.30. The number of nitriles is 1. The Morgan fingerprint density at radius 3 is 2.00 bits per heavy atom. The highest BCUT2D eigenvalue weighted by atomic mass is 32.2. The summed E-state index contributed by atoms with van der Waals surface area (Å²) >= 11 is 0. The maximum Gasteiger partial charge on any atom is 0.263 e. The van der Waals surface area contributed by atoms with Gasteiger partial charge in [0.25, 0.3) is 5.91 Å². The molecule has 0 radical (unpaired) electrons. The Morgan fingerprint density at radius 1 is 1.00 bits per heavy atom. The monoisotopic (exact) mass is 446 g/mol. The van der Waals surface area contributed by atoms with Crippen molar-refractivity contribution in [2.24, 2.45) is 5.14 Å². The Balaban J connectivity index is 1.88. The normalized spacial score (nSPS) is 17.6. The molecule has 0 aliphatic heterocycles. The highest BCUT2D eigenvalue weighted by Crippen LogP contribution is 2.17. The van der Waals surface area contributed by atoms with Crippen molar-refractivity contribution < 1.29 is 13.2 Å². The van der Waals surface area contributed by atoms with E-state index in [4.69, 9.17) is 5.14 Å². The minimum Gasteiger partial charge on any atom is -0.386 e. The van der Waals surface area contributed by atoms with Crippen molar-refractivity contribution in [1.82, 2.24) is 10.6 Å². The fourth-order valence-electron chi connectivity index (χ4n) is 3.79. The van der Waals surface area contributed by atoms with Crippen molar-refractivity contribution in [3.05, 3.63) is 41.6 Å². The molecule has 1 aromatic rings. The second-order valence-electron chi connectivity index (χ2n) is 8.17. The molecule has 2 rings (SSSR count). The van der Waals surface area contributed by atoms with Crippen LogP contribution in [-0.4, -0.2) is 20.4 Å². The van der Waals surface area contributed by atoms with Crippen LogP contribution in [0.5, 0.6) is 0 Å². The molecule has 0 atom stereocenters. The van der Waals surface area contributed by atoms with E-state index in [2.05, 4.69) is 10.6 Å². The molecular weight excluding hydrogens is 412 g/mol. The van der Waals surface area contributed by atoms with Crippen molar-refractivity contribution in [2.45, 2.75) is 88.1 Å². The summed E-state index contributed by atoms with van der Waals surface area (Å²) in [5.74, 6) is -0.350. The predicted molar refractivity (Wildman–Crippen MR) is 121 cm³/mol. The minimum atomic E-state index is -3.72. The largest absolute Gasteiger partial charge is 0.386 e. The van der Waals surface area contributed by atoms with Crippen LogP contribution in [-0.2, 0) is 21.4 Å². The van der Waals surface area contributed by atoms with Gasteiger partial charge in [-0.25, -0.2) is 13.6 Å². The van der Waals surface area contributed by atoms with Gasteiger partial charge in [-0.15, -0.1) is 0 Å². The predicted octanol–water partition coefficient (Wildman–Crippen LogP) is 3.62. The Kier molecular flexibility index (Phi) is 10.5. The second-order valence-corrected chi connectivity index (χ2v) is 9.73. The fraction of sp³-hybridized carbons (Fsp3) is 0.565. The molecule has 1 aliphatic carbocycles. The molecule has 1 fully saturated rings. The number of nitrogens with zero attached hydrogens (tertiary/aromatic N) is 1. The van der Waals surface area contributed by atoms with Gasteiger partial charge in [0.1, 0.15) is 11.6 Å². The lowest BCUT2D eigenvalue weighted by atomic mass is 9.98. The molecule has 0 saturated heterocycles. The van der Waals surface area contributed by atoms with E-state index in [0.29, 0.717) is 6.54 Å². The van der Waals surface area contributed by atoms with Crippen LogP contribution in [0.2, 0.25) is 0 Å². The summed E-state index contributed by atoms with van der Waals surface area (Å²) in [6.07, 6.45) is 14.4. The van der Waals surface area contributed by atoms with Gasteiger partial charge >= 0.3 is 0 Å². The van der Waals surface area contributed by atoms with Crippen molar-refractivity contribution in [1.29, 1.82) is 5.26 Å². The minimum absolute atomic E-state index is 0.0345.